The number of ether oxygens (including phenoxy) is 2. The third-order valence-corrected chi connectivity index (χ3v) is 3.25. The molecule has 1 aromatic rings. The van der Waals surface area contributed by atoms with Gasteiger partial charge in [-0.05, 0) is 43.7 Å². The quantitative estimate of drug-likeness (QED) is 0.571. The molecule has 1 N–H and O–H groups in total. The Hall–Kier alpha value is -1.97. The van der Waals surface area contributed by atoms with Gasteiger partial charge in [-0.2, -0.15) is 0 Å². The highest BCUT2D eigenvalue weighted by molar-refractivity contribution is 5.66. The number of allylic oxidation sites excluding steroid dienone is 2. The molecule has 1 aromatic carbocycles. The molecule has 0 saturated heterocycles. The number of rotatable bonds is 12. The molecule has 0 spiro atoms. The lowest BCUT2D eigenvalue weighted by Gasteiger charge is -2.13. The van der Waals surface area contributed by atoms with Gasteiger partial charge < -0.3 is 14.6 Å². The standard InChI is InChI=1S/C19H28O4/c1-3-13-22-17-12-11-16(18(15-17)23-14-4-2)9-7-5-6-8-10-19(20)21/h5-6,11-12,15H,3-4,7-10,13-14H2,1-2H3,(H,20,21). The highest BCUT2D eigenvalue weighted by Gasteiger charge is 2.06. The zero-order valence-corrected chi connectivity index (χ0v) is 14.2. The first kappa shape index (κ1) is 19.1. The van der Waals surface area contributed by atoms with Crippen LogP contribution in [0, 0.1) is 0 Å². The summed E-state index contributed by atoms with van der Waals surface area (Å²) < 4.78 is 11.5. The van der Waals surface area contributed by atoms with E-state index in [1.165, 1.54) is 0 Å². The fraction of sp³-hybridized carbons (Fsp3) is 0.526. The normalized spacial score (nSPS) is 10.9. The fourth-order valence-corrected chi connectivity index (χ4v) is 2.08. The van der Waals surface area contributed by atoms with Crippen LogP contribution < -0.4 is 9.47 Å². The van der Waals surface area contributed by atoms with Crippen LogP contribution in [-0.2, 0) is 11.2 Å². The molecule has 0 unspecified atom stereocenters. The van der Waals surface area contributed by atoms with Crippen LogP contribution in [0.5, 0.6) is 11.5 Å². The summed E-state index contributed by atoms with van der Waals surface area (Å²) in [5, 5.41) is 8.59. The molecule has 23 heavy (non-hydrogen) atoms. The molecule has 0 amide bonds. The molecule has 0 radical (unpaired) electrons. The van der Waals surface area contributed by atoms with Crippen molar-refractivity contribution in [1.82, 2.24) is 0 Å². The molecule has 0 aliphatic carbocycles. The number of aryl methyl sites for hydroxylation is 1. The summed E-state index contributed by atoms with van der Waals surface area (Å²) >= 11 is 0. The Kier molecular flexibility index (Phi) is 9.60. The molecule has 1 rings (SSSR count). The van der Waals surface area contributed by atoms with E-state index in [-0.39, 0.29) is 6.42 Å². The molecule has 4 heteroatoms. The largest absolute Gasteiger partial charge is 0.493 e. The predicted molar refractivity (Wildman–Crippen MR) is 92.3 cm³/mol. The minimum atomic E-state index is -0.757. The fourth-order valence-electron chi connectivity index (χ4n) is 2.08. The van der Waals surface area contributed by atoms with Crippen LogP contribution in [0.3, 0.4) is 0 Å². The van der Waals surface area contributed by atoms with Crippen LogP contribution in [0.15, 0.2) is 30.4 Å². The van der Waals surface area contributed by atoms with Crippen LogP contribution in [0.25, 0.3) is 0 Å². The van der Waals surface area contributed by atoms with Crippen molar-refractivity contribution in [3.05, 3.63) is 35.9 Å². The number of aliphatic carboxylic acids is 1. The summed E-state index contributed by atoms with van der Waals surface area (Å²) in [5.41, 5.74) is 1.16. The van der Waals surface area contributed by atoms with Crippen molar-refractivity contribution >= 4 is 5.97 Å². The highest BCUT2D eigenvalue weighted by atomic mass is 16.5. The third-order valence-electron chi connectivity index (χ3n) is 3.25. The van der Waals surface area contributed by atoms with Crippen molar-refractivity contribution < 1.29 is 19.4 Å². The zero-order chi connectivity index (χ0) is 16.9. The maximum absolute atomic E-state index is 10.4. The molecule has 0 atom stereocenters. The second-order valence-corrected chi connectivity index (χ2v) is 5.41. The van der Waals surface area contributed by atoms with E-state index in [1.54, 1.807) is 0 Å². The van der Waals surface area contributed by atoms with Crippen molar-refractivity contribution in [3.8, 4) is 11.5 Å². The van der Waals surface area contributed by atoms with Gasteiger partial charge in [0, 0.05) is 12.5 Å². The van der Waals surface area contributed by atoms with E-state index in [4.69, 9.17) is 14.6 Å². The molecule has 0 aliphatic rings. The van der Waals surface area contributed by atoms with Crippen LogP contribution in [0.1, 0.15) is 51.5 Å². The van der Waals surface area contributed by atoms with Crippen LogP contribution in [-0.4, -0.2) is 24.3 Å². The second kappa shape index (κ2) is 11.6. The number of benzene rings is 1. The minimum absolute atomic E-state index is 0.185. The molecule has 0 saturated carbocycles. The SMILES string of the molecule is CCCOc1ccc(CCC=CCCC(=O)O)c(OCCC)c1. The summed E-state index contributed by atoms with van der Waals surface area (Å²) in [6.07, 6.45) is 8.42. The van der Waals surface area contributed by atoms with E-state index < -0.39 is 5.97 Å². The van der Waals surface area contributed by atoms with Crippen molar-refractivity contribution in [2.24, 2.45) is 0 Å². The van der Waals surface area contributed by atoms with Gasteiger partial charge >= 0.3 is 5.97 Å². The Labute approximate surface area is 139 Å². The monoisotopic (exact) mass is 320 g/mol. The molecule has 0 heterocycles. The van der Waals surface area contributed by atoms with E-state index in [0.29, 0.717) is 19.6 Å². The smallest absolute Gasteiger partial charge is 0.303 e. The molecular weight excluding hydrogens is 292 g/mol. The molecule has 0 bridgehead atoms. The Morgan fingerprint density at radius 2 is 1.78 bits per heavy atom. The number of carboxylic acids is 1. The van der Waals surface area contributed by atoms with Gasteiger partial charge in [0.2, 0.25) is 0 Å². The van der Waals surface area contributed by atoms with E-state index >= 15 is 0 Å². The zero-order valence-electron chi connectivity index (χ0n) is 14.2. The molecule has 0 fully saturated rings. The minimum Gasteiger partial charge on any atom is -0.493 e. The van der Waals surface area contributed by atoms with Crippen LogP contribution in [0.4, 0.5) is 0 Å². The Morgan fingerprint density at radius 1 is 1.09 bits per heavy atom. The summed E-state index contributed by atoms with van der Waals surface area (Å²) in [6, 6.07) is 6.01. The van der Waals surface area contributed by atoms with E-state index in [0.717, 1.165) is 42.7 Å². The van der Waals surface area contributed by atoms with E-state index in [2.05, 4.69) is 19.9 Å². The lowest BCUT2D eigenvalue weighted by atomic mass is 10.1. The van der Waals surface area contributed by atoms with Crippen molar-refractivity contribution in [3.63, 3.8) is 0 Å². The van der Waals surface area contributed by atoms with Gasteiger partial charge in [0.05, 0.1) is 13.2 Å². The van der Waals surface area contributed by atoms with Crippen molar-refractivity contribution in [2.45, 2.75) is 52.4 Å². The van der Waals surface area contributed by atoms with Crippen LogP contribution >= 0.6 is 0 Å². The average Bonchev–Trinajstić information content (AvgIpc) is 2.54. The number of carbonyl (C=O) groups is 1. The Balaban J connectivity index is 2.58. The van der Waals surface area contributed by atoms with Gasteiger partial charge in [0.15, 0.2) is 0 Å². The van der Waals surface area contributed by atoms with Crippen molar-refractivity contribution in [2.75, 3.05) is 13.2 Å². The van der Waals surface area contributed by atoms with Gasteiger partial charge in [0.25, 0.3) is 0 Å². The van der Waals surface area contributed by atoms with E-state index in [9.17, 15) is 4.79 Å². The average molecular weight is 320 g/mol. The molecule has 0 aliphatic heterocycles. The third kappa shape index (κ3) is 8.29. The van der Waals surface area contributed by atoms with Gasteiger partial charge in [-0.3, -0.25) is 4.79 Å². The molecule has 0 aromatic heterocycles. The summed E-state index contributed by atoms with van der Waals surface area (Å²) in [6.45, 7) is 5.57. The summed E-state index contributed by atoms with van der Waals surface area (Å²) in [7, 11) is 0. The maximum Gasteiger partial charge on any atom is 0.303 e. The topological polar surface area (TPSA) is 55.8 Å². The maximum atomic E-state index is 10.4. The summed E-state index contributed by atoms with van der Waals surface area (Å²) in [5.74, 6) is 0.977. The molecule has 128 valence electrons. The second-order valence-electron chi connectivity index (χ2n) is 5.41. The lowest BCUT2D eigenvalue weighted by molar-refractivity contribution is -0.136. The summed E-state index contributed by atoms with van der Waals surface area (Å²) in [4.78, 5) is 10.4. The van der Waals surface area contributed by atoms with Gasteiger partial charge in [-0.15, -0.1) is 0 Å². The first-order valence-corrected chi connectivity index (χ1v) is 8.42. The predicted octanol–water partition coefficient (Wildman–Crippen LogP) is 4.62. The lowest BCUT2D eigenvalue weighted by Crippen LogP contribution is -2.01. The highest BCUT2D eigenvalue weighted by Crippen LogP contribution is 2.26. The number of hydrogen-bond acceptors (Lipinski definition) is 3. The first-order valence-electron chi connectivity index (χ1n) is 8.42. The van der Waals surface area contributed by atoms with E-state index in [1.807, 2.05) is 24.3 Å². The molecule has 4 nitrogen and oxygen atoms in total. The Bertz CT molecular complexity index is 494. The first-order chi connectivity index (χ1) is 11.2. The van der Waals surface area contributed by atoms with Crippen LogP contribution in [0.2, 0.25) is 0 Å². The van der Waals surface area contributed by atoms with Gasteiger partial charge in [-0.1, -0.05) is 32.1 Å². The van der Waals surface area contributed by atoms with Gasteiger partial charge in [0.1, 0.15) is 11.5 Å². The van der Waals surface area contributed by atoms with Gasteiger partial charge in [-0.25, -0.2) is 0 Å². The number of carboxylic acid groups (broad SMARTS) is 1. The van der Waals surface area contributed by atoms with Crippen molar-refractivity contribution in [1.29, 1.82) is 0 Å². The Morgan fingerprint density at radius 3 is 2.48 bits per heavy atom. The molecular formula is C19H28O4. The number of hydrogen-bond donors (Lipinski definition) is 1.